The standard InChI is InChI=1S/C16H24N4O/c1-5-6-21-14-7-13(9-18-10-14)16(17)8-15-11(2)19-20(4)12(15)3/h7,9-10,16H,5-6,8,17H2,1-4H3. The number of hydrogen-bond donors (Lipinski definition) is 1. The second-order valence-corrected chi connectivity index (χ2v) is 5.39. The van der Waals surface area contributed by atoms with Gasteiger partial charge in [0.25, 0.3) is 0 Å². The zero-order chi connectivity index (χ0) is 15.4. The van der Waals surface area contributed by atoms with Crippen LogP contribution in [0.15, 0.2) is 18.5 Å². The van der Waals surface area contributed by atoms with Crippen LogP contribution in [0.4, 0.5) is 0 Å². The predicted molar refractivity (Wildman–Crippen MR) is 83.3 cm³/mol. The van der Waals surface area contributed by atoms with E-state index >= 15 is 0 Å². The number of ether oxygens (including phenoxy) is 1. The van der Waals surface area contributed by atoms with Gasteiger partial charge in [-0.2, -0.15) is 5.10 Å². The summed E-state index contributed by atoms with van der Waals surface area (Å²) in [6, 6.07) is 1.87. The quantitative estimate of drug-likeness (QED) is 0.886. The van der Waals surface area contributed by atoms with Crippen molar-refractivity contribution < 1.29 is 4.74 Å². The van der Waals surface area contributed by atoms with E-state index in [4.69, 9.17) is 10.5 Å². The van der Waals surface area contributed by atoms with E-state index in [9.17, 15) is 0 Å². The van der Waals surface area contributed by atoms with Gasteiger partial charge in [0.15, 0.2) is 0 Å². The molecule has 2 aromatic rings. The van der Waals surface area contributed by atoms with Gasteiger partial charge in [0.05, 0.1) is 18.5 Å². The minimum atomic E-state index is -0.107. The van der Waals surface area contributed by atoms with E-state index in [1.807, 2.05) is 30.9 Å². The molecule has 0 fully saturated rings. The Kier molecular flexibility index (Phi) is 4.96. The van der Waals surface area contributed by atoms with Gasteiger partial charge in [-0.25, -0.2) is 0 Å². The van der Waals surface area contributed by atoms with Crippen LogP contribution in [0.3, 0.4) is 0 Å². The van der Waals surface area contributed by atoms with E-state index in [-0.39, 0.29) is 6.04 Å². The molecule has 2 heterocycles. The Labute approximate surface area is 126 Å². The average molecular weight is 288 g/mol. The summed E-state index contributed by atoms with van der Waals surface area (Å²) in [6.07, 6.45) is 5.27. The molecule has 0 aliphatic carbocycles. The van der Waals surface area contributed by atoms with Gasteiger partial charge < -0.3 is 10.5 Å². The fourth-order valence-electron chi connectivity index (χ4n) is 2.39. The van der Waals surface area contributed by atoms with Gasteiger partial charge in [0.2, 0.25) is 0 Å². The third-order valence-electron chi connectivity index (χ3n) is 3.72. The molecule has 5 heteroatoms. The molecular formula is C16H24N4O. The van der Waals surface area contributed by atoms with Crippen molar-refractivity contribution in [1.29, 1.82) is 0 Å². The molecule has 0 aliphatic rings. The first-order chi connectivity index (χ1) is 10.0. The monoisotopic (exact) mass is 288 g/mol. The highest BCUT2D eigenvalue weighted by molar-refractivity contribution is 5.30. The maximum atomic E-state index is 6.34. The van der Waals surface area contributed by atoms with Gasteiger partial charge in [-0.3, -0.25) is 9.67 Å². The maximum Gasteiger partial charge on any atom is 0.137 e. The molecule has 0 aromatic carbocycles. The number of pyridine rings is 1. The summed E-state index contributed by atoms with van der Waals surface area (Å²) in [6.45, 7) is 6.87. The van der Waals surface area contributed by atoms with E-state index in [0.717, 1.165) is 35.5 Å². The van der Waals surface area contributed by atoms with E-state index in [1.165, 1.54) is 5.56 Å². The fraction of sp³-hybridized carbons (Fsp3) is 0.500. The normalized spacial score (nSPS) is 12.4. The lowest BCUT2D eigenvalue weighted by atomic mass is 9.99. The summed E-state index contributed by atoms with van der Waals surface area (Å²) < 4.78 is 7.51. The second kappa shape index (κ2) is 6.72. The molecule has 0 radical (unpaired) electrons. The minimum Gasteiger partial charge on any atom is -0.492 e. The van der Waals surface area contributed by atoms with Crippen LogP contribution >= 0.6 is 0 Å². The van der Waals surface area contributed by atoms with Gasteiger partial charge in [-0.15, -0.1) is 0 Å². The number of nitrogens with two attached hydrogens (primary N) is 1. The number of aryl methyl sites for hydroxylation is 2. The molecule has 1 atom stereocenters. The molecule has 0 amide bonds. The van der Waals surface area contributed by atoms with Crippen LogP contribution in [0.2, 0.25) is 0 Å². The topological polar surface area (TPSA) is 66.0 Å². The molecule has 0 aliphatic heterocycles. The minimum absolute atomic E-state index is 0.107. The lowest BCUT2D eigenvalue weighted by Crippen LogP contribution is -2.15. The second-order valence-electron chi connectivity index (χ2n) is 5.39. The third kappa shape index (κ3) is 3.61. The predicted octanol–water partition coefficient (Wildman–Crippen LogP) is 2.46. The molecule has 0 saturated heterocycles. The first kappa shape index (κ1) is 15.5. The highest BCUT2D eigenvalue weighted by Gasteiger charge is 2.15. The Morgan fingerprint density at radius 2 is 2.10 bits per heavy atom. The summed E-state index contributed by atoms with van der Waals surface area (Å²) in [7, 11) is 1.96. The van der Waals surface area contributed by atoms with Crippen LogP contribution in [0, 0.1) is 13.8 Å². The Bertz CT molecular complexity index is 606. The van der Waals surface area contributed by atoms with E-state index in [1.54, 1.807) is 6.20 Å². The average Bonchev–Trinajstić information content (AvgIpc) is 2.72. The number of hydrogen-bond acceptors (Lipinski definition) is 4. The Hall–Kier alpha value is -1.88. The van der Waals surface area contributed by atoms with Crippen LogP contribution in [0.1, 0.15) is 41.9 Å². The maximum absolute atomic E-state index is 6.34. The van der Waals surface area contributed by atoms with E-state index < -0.39 is 0 Å². The van der Waals surface area contributed by atoms with Crippen LogP contribution in [-0.2, 0) is 13.5 Å². The number of nitrogens with zero attached hydrogens (tertiary/aromatic N) is 3. The lowest BCUT2D eigenvalue weighted by molar-refractivity contribution is 0.315. The first-order valence-electron chi connectivity index (χ1n) is 7.35. The summed E-state index contributed by atoms with van der Waals surface area (Å²) >= 11 is 0. The fourth-order valence-corrected chi connectivity index (χ4v) is 2.39. The van der Waals surface area contributed by atoms with Crippen molar-refractivity contribution in [1.82, 2.24) is 14.8 Å². The highest BCUT2D eigenvalue weighted by Crippen LogP contribution is 2.22. The molecule has 0 spiro atoms. The zero-order valence-corrected chi connectivity index (χ0v) is 13.3. The van der Waals surface area contributed by atoms with Crippen LogP contribution in [-0.4, -0.2) is 21.4 Å². The third-order valence-corrected chi connectivity index (χ3v) is 3.72. The molecule has 114 valence electrons. The van der Waals surface area contributed by atoms with Crippen LogP contribution in [0.5, 0.6) is 5.75 Å². The highest BCUT2D eigenvalue weighted by atomic mass is 16.5. The lowest BCUT2D eigenvalue weighted by Gasteiger charge is -2.13. The number of rotatable bonds is 6. The van der Waals surface area contributed by atoms with Crippen molar-refractivity contribution in [3.8, 4) is 5.75 Å². The molecule has 0 saturated carbocycles. The van der Waals surface area contributed by atoms with Gasteiger partial charge >= 0.3 is 0 Å². The molecule has 5 nitrogen and oxygen atoms in total. The van der Waals surface area contributed by atoms with Crippen LogP contribution in [0.25, 0.3) is 0 Å². The Balaban J connectivity index is 2.14. The molecule has 2 N–H and O–H groups in total. The summed E-state index contributed by atoms with van der Waals surface area (Å²) in [5.74, 6) is 0.782. The van der Waals surface area contributed by atoms with Crippen molar-refractivity contribution in [2.45, 2.75) is 39.7 Å². The smallest absolute Gasteiger partial charge is 0.137 e. The van der Waals surface area contributed by atoms with Gasteiger partial charge in [0.1, 0.15) is 5.75 Å². The van der Waals surface area contributed by atoms with Crippen LogP contribution < -0.4 is 10.5 Å². The Morgan fingerprint density at radius 1 is 1.33 bits per heavy atom. The molecule has 0 bridgehead atoms. The van der Waals surface area contributed by atoms with Crippen molar-refractivity contribution in [2.24, 2.45) is 12.8 Å². The van der Waals surface area contributed by atoms with E-state index in [0.29, 0.717) is 6.61 Å². The van der Waals surface area contributed by atoms with Gasteiger partial charge in [-0.1, -0.05) is 6.92 Å². The molecule has 2 rings (SSSR count). The summed E-state index contributed by atoms with van der Waals surface area (Å²) in [4.78, 5) is 4.22. The van der Waals surface area contributed by atoms with E-state index in [2.05, 4.69) is 23.9 Å². The van der Waals surface area contributed by atoms with Gasteiger partial charge in [-0.05, 0) is 43.9 Å². The van der Waals surface area contributed by atoms with Crippen molar-refractivity contribution in [2.75, 3.05) is 6.61 Å². The molecule has 21 heavy (non-hydrogen) atoms. The Morgan fingerprint density at radius 3 is 2.71 bits per heavy atom. The van der Waals surface area contributed by atoms with Gasteiger partial charge in [0, 0.05) is 25.0 Å². The van der Waals surface area contributed by atoms with Crippen molar-refractivity contribution in [3.63, 3.8) is 0 Å². The molecule has 1 unspecified atom stereocenters. The van der Waals surface area contributed by atoms with Crippen molar-refractivity contribution in [3.05, 3.63) is 41.0 Å². The first-order valence-corrected chi connectivity index (χ1v) is 7.35. The summed E-state index contributed by atoms with van der Waals surface area (Å²) in [5, 5.41) is 4.44. The summed E-state index contributed by atoms with van der Waals surface area (Å²) in [5.41, 5.74) is 10.7. The largest absolute Gasteiger partial charge is 0.492 e. The molecular weight excluding hydrogens is 264 g/mol. The SMILES string of the molecule is CCCOc1cncc(C(N)Cc2c(C)nn(C)c2C)c1. The number of aromatic nitrogens is 3. The molecule has 2 aromatic heterocycles. The van der Waals surface area contributed by atoms with Crippen molar-refractivity contribution >= 4 is 0 Å². The zero-order valence-electron chi connectivity index (χ0n) is 13.3.